The molecule has 0 bridgehead atoms. The first-order valence-electron chi connectivity index (χ1n) is 13.1. The lowest BCUT2D eigenvalue weighted by Crippen LogP contribution is -2.43. The molecule has 0 radical (unpaired) electrons. The van der Waals surface area contributed by atoms with Crippen LogP contribution in [0.1, 0.15) is 71.8 Å². The Morgan fingerprint density at radius 2 is 1.63 bits per heavy atom. The Labute approximate surface area is 210 Å². The summed E-state index contributed by atoms with van der Waals surface area (Å²) in [6, 6.07) is 16.0. The van der Waals surface area contributed by atoms with Gasteiger partial charge in [-0.2, -0.15) is 9.61 Å². The van der Waals surface area contributed by atoms with Gasteiger partial charge < -0.3 is 4.90 Å². The summed E-state index contributed by atoms with van der Waals surface area (Å²) in [5.41, 5.74) is 12.3. The minimum absolute atomic E-state index is 0.428. The summed E-state index contributed by atoms with van der Waals surface area (Å²) in [5, 5.41) is 5.16. The molecular weight excluding hydrogens is 428 g/mol. The maximum absolute atomic E-state index is 5.19. The molecule has 35 heavy (non-hydrogen) atoms. The first kappa shape index (κ1) is 23.6. The third-order valence-corrected chi connectivity index (χ3v) is 7.89. The van der Waals surface area contributed by atoms with Crippen LogP contribution in [0.4, 0.5) is 5.82 Å². The summed E-state index contributed by atoms with van der Waals surface area (Å²) >= 11 is 0. The minimum Gasteiger partial charge on any atom is -0.353 e. The molecular formula is C31H38N4. The highest BCUT2D eigenvalue weighted by Gasteiger charge is 2.32. The highest BCUT2D eigenvalue weighted by atomic mass is 15.4. The lowest BCUT2D eigenvalue weighted by Gasteiger charge is -2.40. The second-order valence-electron chi connectivity index (χ2n) is 10.5. The number of fused-ring (bicyclic) bond motifs is 3. The van der Waals surface area contributed by atoms with Crippen molar-refractivity contribution in [2.45, 2.75) is 79.7 Å². The second kappa shape index (κ2) is 9.14. The van der Waals surface area contributed by atoms with Crippen LogP contribution in [0.15, 0.2) is 42.5 Å². The Morgan fingerprint density at radius 3 is 2.29 bits per heavy atom. The van der Waals surface area contributed by atoms with Gasteiger partial charge in [0.25, 0.3) is 0 Å². The number of hydrogen-bond acceptors (Lipinski definition) is 3. The van der Waals surface area contributed by atoms with E-state index in [0.29, 0.717) is 12.0 Å². The van der Waals surface area contributed by atoms with E-state index in [2.05, 4.69) is 100 Å². The van der Waals surface area contributed by atoms with E-state index in [4.69, 9.17) is 10.1 Å². The maximum atomic E-state index is 5.19. The lowest BCUT2D eigenvalue weighted by atomic mass is 9.92. The molecule has 2 atom stereocenters. The van der Waals surface area contributed by atoms with Crippen molar-refractivity contribution in [2.75, 3.05) is 11.4 Å². The van der Waals surface area contributed by atoms with Crippen LogP contribution in [0.2, 0.25) is 0 Å². The molecule has 4 heteroatoms. The predicted molar refractivity (Wildman–Crippen MR) is 147 cm³/mol. The average molecular weight is 467 g/mol. The van der Waals surface area contributed by atoms with Crippen molar-refractivity contribution in [3.8, 4) is 11.1 Å². The van der Waals surface area contributed by atoms with Crippen LogP contribution in [0.3, 0.4) is 0 Å². The third-order valence-electron chi connectivity index (χ3n) is 7.89. The first-order valence-corrected chi connectivity index (χ1v) is 13.1. The zero-order valence-corrected chi connectivity index (χ0v) is 22.3. The average Bonchev–Trinajstić information content (AvgIpc) is 3.14. The molecule has 2 unspecified atom stereocenters. The molecule has 0 saturated carbocycles. The molecule has 2 aromatic carbocycles. The van der Waals surface area contributed by atoms with Crippen LogP contribution >= 0.6 is 0 Å². The fourth-order valence-electron chi connectivity index (χ4n) is 6.22. The van der Waals surface area contributed by atoms with Crippen molar-refractivity contribution in [3.05, 3.63) is 81.7 Å². The monoisotopic (exact) mass is 466 g/mol. The van der Waals surface area contributed by atoms with Gasteiger partial charge in [-0.3, -0.25) is 0 Å². The van der Waals surface area contributed by atoms with Gasteiger partial charge in [0.15, 0.2) is 5.65 Å². The molecule has 5 rings (SSSR count). The van der Waals surface area contributed by atoms with Gasteiger partial charge in [0.2, 0.25) is 0 Å². The second-order valence-corrected chi connectivity index (χ2v) is 10.5. The number of benzene rings is 2. The van der Waals surface area contributed by atoms with Gasteiger partial charge in [-0.1, -0.05) is 61.9 Å². The Kier molecular flexibility index (Phi) is 6.16. The zero-order chi connectivity index (χ0) is 24.9. The molecule has 0 spiro atoms. The molecule has 0 fully saturated rings. The summed E-state index contributed by atoms with van der Waals surface area (Å²) in [6.07, 6.45) is 3.37. The van der Waals surface area contributed by atoms with Crippen molar-refractivity contribution in [1.29, 1.82) is 0 Å². The quantitative estimate of drug-likeness (QED) is 0.310. The third kappa shape index (κ3) is 4.03. The molecule has 1 aliphatic heterocycles. The van der Waals surface area contributed by atoms with Crippen molar-refractivity contribution in [3.63, 3.8) is 0 Å². The van der Waals surface area contributed by atoms with Gasteiger partial charge in [0.1, 0.15) is 5.82 Å². The van der Waals surface area contributed by atoms with E-state index in [0.717, 1.165) is 36.4 Å². The van der Waals surface area contributed by atoms with E-state index in [-0.39, 0.29) is 0 Å². The summed E-state index contributed by atoms with van der Waals surface area (Å²) in [4.78, 5) is 7.83. The molecule has 2 aromatic heterocycles. The summed E-state index contributed by atoms with van der Waals surface area (Å²) in [7, 11) is 0. The van der Waals surface area contributed by atoms with Gasteiger partial charge in [0.05, 0.1) is 11.3 Å². The zero-order valence-electron chi connectivity index (χ0n) is 22.3. The molecule has 4 nitrogen and oxygen atoms in total. The first-order chi connectivity index (χ1) is 16.8. The van der Waals surface area contributed by atoms with E-state index in [1.807, 2.05) is 0 Å². The molecule has 4 aromatic rings. The van der Waals surface area contributed by atoms with Crippen molar-refractivity contribution in [1.82, 2.24) is 14.6 Å². The topological polar surface area (TPSA) is 33.4 Å². The predicted octanol–water partition coefficient (Wildman–Crippen LogP) is 7.27. The summed E-state index contributed by atoms with van der Waals surface area (Å²) in [6.45, 7) is 16.6. The highest BCUT2D eigenvalue weighted by Crippen LogP contribution is 2.40. The highest BCUT2D eigenvalue weighted by molar-refractivity contribution is 5.85. The van der Waals surface area contributed by atoms with E-state index in [1.165, 1.54) is 51.2 Å². The Hall–Kier alpha value is -3.14. The fourth-order valence-corrected chi connectivity index (χ4v) is 6.22. The molecule has 3 heterocycles. The van der Waals surface area contributed by atoms with Crippen LogP contribution in [-0.2, 0) is 6.42 Å². The SMILES string of the molecule is CCC1CCc2c(C)nc3c(-c4c(C)cc(C)cc4C)c(C)nn3c2N1CC(C)c1ccccc1. The van der Waals surface area contributed by atoms with Gasteiger partial charge in [0, 0.05) is 23.8 Å². The largest absolute Gasteiger partial charge is 0.353 e. The number of aromatic nitrogens is 3. The van der Waals surface area contributed by atoms with E-state index >= 15 is 0 Å². The van der Waals surface area contributed by atoms with Gasteiger partial charge in [-0.05, 0) is 82.1 Å². The van der Waals surface area contributed by atoms with Gasteiger partial charge >= 0.3 is 0 Å². The standard InChI is InChI=1S/C31H38N4/c1-8-26-14-15-27-23(6)32-30-29(28-20(3)16-19(2)17-21(28)4)24(7)33-35(30)31(27)34(26)18-22(5)25-12-10-9-11-13-25/h9-13,16-17,22,26H,8,14-15,18H2,1-7H3. The normalized spacial score (nSPS) is 16.5. The van der Waals surface area contributed by atoms with Crippen LogP contribution < -0.4 is 4.90 Å². The summed E-state index contributed by atoms with van der Waals surface area (Å²) < 4.78 is 2.17. The number of hydrogen-bond donors (Lipinski definition) is 0. The van der Waals surface area contributed by atoms with Crippen LogP contribution in [0, 0.1) is 34.6 Å². The minimum atomic E-state index is 0.428. The number of nitrogens with zero attached hydrogens (tertiary/aromatic N) is 4. The smallest absolute Gasteiger partial charge is 0.165 e. The fraction of sp³-hybridized carbons (Fsp3) is 0.419. The van der Waals surface area contributed by atoms with Gasteiger partial charge in [-0.25, -0.2) is 4.98 Å². The molecule has 0 aliphatic carbocycles. The van der Waals surface area contributed by atoms with Crippen LogP contribution in [0.5, 0.6) is 0 Å². The van der Waals surface area contributed by atoms with E-state index in [1.54, 1.807) is 0 Å². The molecule has 182 valence electrons. The number of aryl methyl sites for hydroxylation is 5. The van der Waals surface area contributed by atoms with Crippen LogP contribution in [-0.4, -0.2) is 27.2 Å². The van der Waals surface area contributed by atoms with E-state index < -0.39 is 0 Å². The summed E-state index contributed by atoms with van der Waals surface area (Å²) in [5.74, 6) is 1.68. The van der Waals surface area contributed by atoms with Crippen molar-refractivity contribution >= 4 is 11.5 Å². The Balaban J connectivity index is 1.71. The van der Waals surface area contributed by atoms with Crippen molar-refractivity contribution < 1.29 is 0 Å². The molecule has 0 N–H and O–H groups in total. The number of anilines is 1. The van der Waals surface area contributed by atoms with Crippen LogP contribution in [0.25, 0.3) is 16.8 Å². The molecule has 0 amide bonds. The molecule has 1 aliphatic rings. The number of rotatable bonds is 5. The lowest BCUT2D eigenvalue weighted by molar-refractivity contribution is 0.483. The Bertz CT molecular complexity index is 1360. The van der Waals surface area contributed by atoms with Gasteiger partial charge in [-0.15, -0.1) is 0 Å². The molecule has 0 saturated heterocycles. The Morgan fingerprint density at radius 1 is 0.943 bits per heavy atom. The van der Waals surface area contributed by atoms with Crippen molar-refractivity contribution in [2.24, 2.45) is 0 Å². The van der Waals surface area contributed by atoms with E-state index in [9.17, 15) is 0 Å². The maximum Gasteiger partial charge on any atom is 0.165 e.